The molecule has 0 aliphatic heterocycles. The number of amides is 2. The molecule has 12 heteroatoms. The summed E-state index contributed by atoms with van der Waals surface area (Å²) < 4.78 is 40.3. The standard InChI is InChI=1S/C24H21F3N6O3/c1-14-12-15(5-10-18(14)23(21(29)35)11-3-2-4-19(23)20(28)34)13-32-22(36)33(31-30-32)17-8-6-16(7-9-17)24(25,26)27/h2-12,19H,13H2,1H3,(H2,28,34)(H2,29,35). The van der Waals surface area contributed by atoms with E-state index in [2.05, 4.69) is 10.4 Å². The van der Waals surface area contributed by atoms with Crippen molar-refractivity contribution in [3.8, 4) is 5.69 Å². The maximum absolute atomic E-state index is 12.8. The van der Waals surface area contributed by atoms with Gasteiger partial charge in [-0.15, -0.1) is 0 Å². The Labute approximate surface area is 202 Å². The fourth-order valence-electron chi connectivity index (χ4n) is 4.37. The van der Waals surface area contributed by atoms with Crippen LogP contribution in [0.15, 0.2) is 71.6 Å². The molecule has 0 saturated heterocycles. The molecule has 4 N–H and O–H groups in total. The zero-order valence-electron chi connectivity index (χ0n) is 18.9. The molecular formula is C24H21F3N6O3. The van der Waals surface area contributed by atoms with Gasteiger partial charge in [-0.2, -0.15) is 22.5 Å². The van der Waals surface area contributed by atoms with E-state index in [9.17, 15) is 27.6 Å². The van der Waals surface area contributed by atoms with Crippen molar-refractivity contribution < 1.29 is 22.8 Å². The Morgan fingerprint density at radius 1 is 1.06 bits per heavy atom. The molecule has 2 atom stereocenters. The third kappa shape index (κ3) is 4.21. The molecule has 186 valence electrons. The SMILES string of the molecule is Cc1cc(Cn2nnn(-c3ccc(C(F)(F)F)cc3)c2=O)ccc1C1(C(N)=O)C=CC=CC1C(N)=O. The minimum absolute atomic E-state index is 0.000844. The molecule has 0 fully saturated rings. The monoisotopic (exact) mass is 498 g/mol. The van der Waals surface area contributed by atoms with Gasteiger partial charge in [0.1, 0.15) is 5.41 Å². The van der Waals surface area contributed by atoms with Gasteiger partial charge < -0.3 is 11.5 Å². The molecule has 0 saturated carbocycles. The second-order valence-corrected chi connectivity index (χ2v) is 8.38. The van der Waals surface area contributed by atoms with Crippen molar-refractivity contribution >= 4 is 11.8 Å². The largest absolute Gasteiger partial charge is 0.416 e. The minimum atomic E-state index is -4.50. The molecule has 1 aromatic heterocycles. The second-order valence-electron chi connectivity index (χ2n) is 8.38. The number of primary amides is 2. The van der Waals surface area contributed by atoms with Crippen molar-refractivity contribution in [1.29, 1.82) is 0 Å². The van der Waals surface area contributed by atoms with Gasteiger partial charge in [0.25, 0.3) is 0 Å². The highest BCUT2D eigenvalue weighted by Gasteiger charge is 2.47. The van der Waals surface area contributed by atoms with Crippen LogP contribution in [0.5, 0.6) is 0 Å². The Morgan fingerprint density at radius 2 is 1.75 bits per heavy atom. The molecule has 3 aromatic rings. The van der Waals surface area contributed by atoms with Gasteiger partial charge in [-0.1, -0.05) is 42.5 Å². The Morgan fingerprint density at radius 3 is 2.33 bits per heavy atom. The number of aryl methyl sites for hydroxylation is 1. The number of tetrazole rings is 1. The van der Waals surface area contributed by atoms with Gasteiger partial charge in [-0.3, -0.25) is 9.59 Å². The first-order valence-electron chi connectivity index (χ1n) is 10.7. The van der Waals surface area contributed by atoms with Crippen LogP contribution in [0.1, 0.15) is 22.3 Å². The number of allylic oxidation sites excluding steroid dienone is 2. The summed E-state index contributed by atoms with van der Waals surface area (Å²) in [5.74, 6) is -2.42. The highest BCUT2D eigenvalue weighted by Crippen LogP contribution is 2.39. The molecule has 9 nitrogen and oxygen atoms in total. The maximum Gasteiger partial charge on any atom is 0.416 e. The van der Waals surface area contributed by atoms with Gasteiger partial charge in [0.2, 0.25) is 11.8 Å². The molecule has 1 aliphatic carbocycles. The number of rotatable bonds is 6. The highest BCUT2D eigenvalue weighted by molar-refractivity contribution is 5.97. The second kappa shape index (κ2) is 8.95. The lowest BCUT2D eigenvalue weighted by Crippen LogP contribution is -2.51. The van der Waals surface area contributed by atoms with Gasteiger partial charge in [-0.25, -0.2) is 4.79 Å². The van der Waals surface area contributed by atoms with Crippen LogP contribution in [0.4, 0.5) is 13.2 Å². The molecule has 2 amide bonds. The lowest BCUT2D eigenvalue weighted by molar-refractivity contribution is -0.137. The van der Waals surface area contributed by atoms with Crippen LogP contribution in [-0.4, -0.2) is 31.6 Å². The Bertz CT molecular complexity index is 1450. The number of hydrogen-bond donors (Lipinski definition) is 2. The number of hydrogen-bond acceptors (Lipinski definition) is 5. The third-order valence-corrected chi connectivity index (χ3v) is 6.13. The van der Waals surface area contributed by atoms with Crippen LogP contribution in [-0.2, 0) is 27.7 Å². The summed E-state index contributed by atoms with van der Waals surface area (Å²) in [5.41, 5.74) is 10.2. The Balaban J connectivity index is 1.64. The molecular weight excluding hydrogens is 477 g/mol. The van der Waals surface area contributed by atoms with Crippen LogP contribution in [0, 0.1) is 12.8 Å². The first-order valence-corrected chi connectivity index (χ1v) is 10.7. The molecule has 36 heavy (non-hydrogen) atoms. The number of carbonyl (C=O) groups is 2. The molecule has 0 radical (unpaired) electrons. The van der Waals surface area contributed by atoms with Crippen molar-refractivity contribution in [3.63, 3.8) is 0 Å². The van der Waals surface area contributed by atoms with Crippen LogP contribution in [0.25, 0.3) is 5.69 Å². The van der Waals surface area contributed by atoms with E-state index in [0.29, 0.717) is 16.7 Å². The van der Waals surface area contributed by atoms with E-state index in [4.69, 9.17) is 11.5 Å². The van der Waals surface area contributed by atoms with E-state index in [1.54, 1.807) is 43.4 Å². The van der Waals surface area contributed by atoms with Gasteiger partial charge in [0, 0.05) is 0 Å². The number of halogens is 3. The van der Waals surface area contributed by atoms with Crippen LogP contribution in [0.2, 0.25) is 0 Å². The zero-order valence-corrected chi connectivity index (χ0v) is 18.9. The van der Waals surface area contributed by atoms with Gasteiger partial charge in [-0.05, 0) is 58.3 Å². The summed E-state index contributed by atoms with van der Waals surface area (Å²) >= 11 is 0. The first kappa shape index (κ1) is 24.6. The van der Waals surface area contributed by atoms with Gasteiger partial charge in [0.05, 0.1) is 23.7 Å². The number of benzene rings is 2. The number of nitrogens with two attached hydrogens (primary N) is 2. The van der Waals surface area contributed by atoms with Crippen LogP contribution >= 0.6 is 0 Å². The fraction of sp³-hybridized carbons (Fsp3) is 0.208. The molecule has 1 aliphatic rings. The van der Waals surface area contributed by atoms with Crippen molar-refractivity contribution in [1.82, 2.24) is 19.8 Å². The quantitative estimate of drug-likeness (QED) is 0.533. The number of alkyl halides is 3. The van der Waals surface area contributed by atoms with Crippen molar-refractivity contribution in [2.24, 2.45) is 17.4 Å². The van der Waals surface area contributed by atoms with E-state index in [1.165, 1.54) is 6.08 Å². The molecule has 0 spiro atoms. The molecule has 4 rings (SSSR count). The smallest absolute Gasteiger partial charge is 0.369 e. The summed E-state index contributed by atoms with van der Waals surface area (Å²) in [6.07, 6.45) is 1.81. The number of nitrogens with zero attached hydrogens (tertiary/aromatic N) is 4. The van der Waals surface area contributed by atoms with Gasteiger partial charge in [0.15, 0.2) is 0 Å². The first-order chi connectivity index (χ1) is 16.9. The summed E-state index contributed by atoms with van der Waals surface area (Å²) in [7, 11) is 0. The molecule has 2 aromatic carbocycles. The summed E-state index contributed by atoms with van der Waals surface area (Å²) in [6.45, 7) is 1.73. The highest BCUT2D eigenvalue weighted by atomic mass is 19.4. The number of aromatic nitrogens is 4. The van der Waals surface area contributed by atoms with Crippen molar-refractivity contribution in [2.75, 3.05) is 0 Å². The van der Waals surface area contributed by atoms with E-state index in [0.717, 1.165) is 33.6 Å². The molecule has 2 unspecified atom stereocenters. The average Bonchev–Trinajstić information content (AvgIpc) is 3.18. The predicted molar refractivity (Wildman–Crippen MR) is 123 cm³/mol. The Hall–Kier alpha value is -4.48. The summed E-state index contributed by atoms with van der Waals surface area (Å²) in [6, 6.07) is 8.98. The van der Waals surface area contributed by atoms with Crippen molar-refractivity contribution in [3.05, 3.63) is 99.5 Å². The maximum atomic E-state index is 12.8. The lowest BCUT2D eigenvalue weighted by Gasteiger charge is -2.35. The van der Waals surface area contributed by atoms with E-state index in [1.807, 2.05) is 0 Å². The van der Waals surface area contributed by atoms with Gasteiger partial charge >= 0.3 is 11.9 Å². The summed E-state index contributed by atoms with van der Waals surface area (Å²) in [5, 5.41) is 7.57. The van der Waals surface area contributed by atoms with E-state index >= 15 is 0 Å². The van der Waals surface area contributed by atoms with E-state index < -0.39 is 40.6 Å². The van der Waals surface area contributed by atoms with Crippen molar-refractivity contribution in [2.45, 2.75) is 25.1 Å². The third-order valence-electron chi connectivity index (χ3n) is 6.13. The van der Waals surface area contributed by atoms with Crippen LogP contribution in [0.3, 0.4) is 0 Å². The Kier molecular flexibility index (Phi) is 6.12. The average molecular weight is 498 g/mol. The fourth-order valence-corrected chi connectivity index (χ4v) is 4.37. The number of carbonyl (C=O) groups excluding carboxylic acids is 2. The zero-order chi connectivity index (χ0) is 26.3. The lowest BCUT2D eigenvalue weighted by atomic mass is 9.66. The minimum Gasteiger partial charge on any atom is -0.369 e. The topological polar surface area (TPSA) is 139 Å². The van der Waals surface area contributed by atoms with E-state index in [-0.39, 0.29) is 12.2 Å². The molecule has 1 heterocycles. The van der Waals surface area contributed by atoms with Crippen LogP contribution < -0.4 is 17.2 Å². The molecule has 0 bridgehead atoms. The summed E-state index contributed by atoms with van der Waals surface area (Å²) in [4.78, 5) is 37.5. The predicted octanol–water partition coefficient (Wildman–Crippen LogP) is 1.76. The normalized spacial score (nSPS) is 19.4.